The summed E-state index contributed by atoms with van der Waals surface area (Å²) in [6.45, 7) is 4.31. The van der Waals surface area contributed by atoms with Crippen LogP contribution in [0.3, 0.4) is 0 Å². The Morgan fingerprint density at radius 1 is 0.886 bits per heavy atom. The van der Waals surface area contributed by atoms with Crippen molar-refractivity contribution in [1.29, 1.82) is 0 Å². The van der Waals surface area contributed by atoms with Crippen LogP contribution in [0.4, 0.5) is 5.82 Å². The van der Waals surface area contributed by atoms with E-state index in [9.17, 15) is 4.79 Å². The Morgan fingerprint density at radius 3 is 2.37 bits per heavy atom. The monoisotopic (exact) mass is 461 g/mol. The van der Waals surface area contributed by atoms with Gasteiger partial charge in [0.25, 0.3) is 5.91 Å². The Balaban J connectivity index is 1.23. The van der Waals surface area contributed by atoms with Gasteiger partial charge < -0.3 is 15.8 Å². The first kappa shape index (κ1) is 21.6. The molecule has 6 rings (SSSR count). The van der Waals surface area contributed by atoms with Gasteiger partial charge in [-0.25, -0.2) is 4.98 Å². The molecule has 0 saturated heterocycles. The number of carbonyl (C=O) groups is 1. The largest absolute Gasteiger partial charge is 0.384 e. The third-order valence-electron chi connectivity index (χ3n) is 7.15. The van der Waals surface area contributed by atoms with Gasteiger partial charge in [-0.15, -0.1) is 0 Å². The van der Waals surface area contributed by atoms with Crippen molar-refractivity contribution in [3.63, 3.8) is 0 Å². The lowest BCUT2D eigenvalue weighted by Gasteiger charge is -2.18. The highest BCUT2D eigenvalue weighted by Gasteiger charge is 2.42. The van der Waals surface area contributed by atoms with Gasteiger partial charge in [-0.2, -0.15) is 0 Å². The third-order valence-corrected chi connectivity index (χ3v) is 7.15. The van der Waals surface area contributed by atoms with Crippen LogP contribution < -0.4 is 11.1 Å². The highest BCUT2D eigenvalue weighted by atomic mass is 16.5. The molecule has 5 heteroatoms. The minimum atomic E-state index is -0.126. The van der Waals surface area contributed by atoms with Crippen molar-refractivity contribution in [3.8, 4) is 0 Å². The van der Waals surface area contributed by atoms with Crippen molar-refractivity contribution in [3.05, 3.63) is 129 Å². The summed E-state index contributed by atoms with van der Waals surface area (Å²) in [6.07, 6.45) is 0.706. The number of amides is 1. The fraction of sp³-hybridized carbons (Fsp3) is 0.200. The van der Waals surface area contributed by atoms with Crippen molar-refractivity contribution in [1.82, 2.24) is 10.3 Å². The van der Waals surface area contributed by atoms with Crippen molar-refractivity contribution >= 4 is 11.7 Å². The average Bonchev–Trinajstić information content (AvgIpc) is 3.41. The average molecular weight is 462 g/mol. The number of aryl methyl sites for hydroxylation is 2. The fourth-order valence-electron chi connectivity index (χ4n) is 5.40. The molecule has 174 valence electrons. The first-order chi connectivity index (χ1) is 17.0. The van der Waals surface area contributed by atoms with E-state index in [0.29, 0.717) is 17.9 Å². The van der Waals surface area contributed by atoms with E-state index in [4.69, 9.17) is 10.5 Å². The molecule has 1 aromatic heterocycles. The SMILES string of the molecule is Cc1cc(N)nc(C)c1CNC(=O)c1ccc2c(c1)C1OC2c2ccc(Cc3ccccc3)cc21. The van der Waals surface area contributed by atoms with E-state index in [-0.39, 0.29) is 18.1 Å². The van der Waals surface area contributed by atoms with E-state index in [0.717, 1.165) is 34.4 Å². The lowest BCUT2D eigenvalue weighted by atomic mass is 9.84. The second-order valence-corrected chi connectivity index (χ2v) is 9.48. The van der Waals surface area contributed by atoms with Crippen LogP contribution in [0.1, 0.15) is 72.8 Å². The number of nitrogens with two attached hydrogens (primary N) is 1. The zero-order valence-corrected chi connectivity index (χ0v) is 19.8. The number of benzene rings is 3. The maximum absolute atomic E-state index is 13.0. The predicted octanol–water partition coefficient (Wildman–Crippen LogP) is 5.32. The Kier molecular flexibility index (Phi) is 5.15. The van der Waals surface area contributed by atoms with E-state index < -0.39 is 0 Å². The summed E-state index contributed by atoms with van der Waals surface area (Å²) in [6, 6.07) is 24.9. The van der Waals surface area contributed by atoms with Crippen molar-refractivity contribution in [2.24, 2.45) is 0 Å². The second-order valence-electron chi connectivity index (χ2n) is 9.48. The highest BCUT2D eigenvalue weighted by molar-refractivity contribution is 5.94. The molecule has 0 saturated carbocycles. The molecule has 0 spiro atoms. The Bertz CT molecular complexity index is 1440. The van der Waals surface area contributed by atoms with Crippen molar-refractivity contribution < 1.29 is 9.53 Å². The molecule has 5 nitrogen and oxygen atoms in total. The summed E-state index contributed by atoms with van der Waals surface area (Å²) in [7, 11) is 0. The van der Waals surface area contributed by atoms with Gasteiger partial charge in [0.05, 0.1) is 0 Å². The zero-order valence-electron chi connectivity index (χ0n) is 19.8. The maximum atomic E-state index is 13.0. The smallest absolute Gasteiger partial charge is 0.251 e. The lowest BCUT2D eigenvalue weighted by molar-refractivity contribution is 0.0857. The Hall–Kier alpha value is -3.96. The van der Waals surface area contributed by atoms with Gasteiger partial charge in [0.15, 0.2) is 0 Å². The minimum absolute atomic E-state index is 0.0564. The number of anilines is 1. The van der Waals surface area contributed by atoms with E-state index in [2.05, 4.69) is 52.8 Å². The van der Waals surface area contributed by atoms with Crippen LogP contribution in [0.2, 0.25) is 0 Å². The minimum Gasteiger partial charge on any atom is -0.384 e. The Morgan fingerprint density at radius 2 is 1.60 bits per heavy atom. The quantitative estimate of drug-likeness (QED) is 0.421. The molecule has 35 heavy (non-hydrogen) atoms. The molecule has 2 aliphatic rings. The molecule has 3 heterocycles. The van der Waals surface area contributed by atoms with Gasteiger partial charge in [-0.3, -0.25) is 4.79 Å². The van der Waals surface area contributed by atoms with Crippen LogP contribution in [0.5, 0.6) is 0 Å². The lowest BCUT2D eigenvalue weighted by Crippen LogP contribution is -2.24. The third kappa shape index (κ3) is 3.78. The van der Waals surface area contributed by atoms with Gasteiger partial charge in [0.1, 0.15) is 18.0 Å². The summed E-state index contributed by atoms with van der Waals surface area (Å²) in [5, 5.41) is 3.05. The van der Waals surface area contributed by atoms with Crippen LogP contribution in [0, 0.1) is 13.8 Å². The normalized spacial score (nSPS) is 17.2. The van der Waals surface area contributed by atoms with Crippen molar-refractivity contribution in [2.75, 3.05) is 5.73 Å². The number of nitrogen functional groups attached to an aromatic ring is 1. The van der Waals surface area contributed by atoms with Gasteiger partial charge in [0, 0.05) is 17.8 Å². The van der Waals surface area contributed by atoms with Gasteiger partial charge >= 0.3 is 0 Å². The highest BCUT2D eigenvalue weighted by Crippen LogP contribution is 2.54. The summed E-state index contributed by atoms with van der Waals surface area (Å²) in [5.74, 6) is 0.389. The van der Waals surface area contributed by atoms with E-state index in [1.54, 1.807) is 0 Å². The second kappa shape index (κ2) is 8.36. The van der Waals surface area contributed by atoms with Crippen LogP contribution in [-0.2, 0) is 17.7 Å². The number of nitrogens with one attached hydrogen (secondary N) is 1. The van der Waals surface area contributed by atoms with Crippen LogP contribution in [-0.4, -0.2) is 10.9 Å². The number of aromatic nitrogens is 1. The maximum Gasteiger partial charge on any atom is 0.251 e. The first-order valence-corrected chi connectivity index (χ1v) is 11.9. The van der Waals surface area contributed by atoms with Gasteiger partial charge in [-0.1, -0.05) is 54.6 Å². The number of rotatable bonds is 5. The number of carbonyl (C=O) groups excluding carboxylic acids is 1. The topological polar surface area (TPSA) is 77.2 Å². The molecular weight excluding hydrogens is 434 g/mol. The summed E-state index contributed by atoms with van der Waals surface area (Å²) < 4.78 is 6.37. The fourth-order valence-corrected chi connectivity index (χ4v) is 5.40. The van der Waals surface area contributed by atoms with Crippen LogP contribution in [0.25, 0.3) is 0 Å². The van der Waals surface area contributed by atoms with Gasteiger partial charge in [-0.05, 0) is 83.0 Å². The van der Waals surface area contributed by atoms with Crippen LogP contribution >= 0.6 is 0 Å². The number of fused-ring (bicyclic) bond motifs is 8. The summed E-state index contributed by atoms with van der Waals surface area (Å²) in [5.41, 5.74) is 16.6. The molecule has 0 fully saturated rings. The molecule has 0 aliphatic carbocycles. The number of hydrogen-bond donors (Lipinski definition) is 2. The zero-order chi connectivity index (χ0) is 24.1. The van der Waals surface area contributed by atoms with E-state index in [1.165, 1.54) is 22.3 Å². The van der Waals surface area contributed by atoms with Crippen LogP contribution in [0.15, 0.2) is 72.8 Å². The number of hydrogen-bond acceptors (Lipinski definition) is 4. The van der Waals surface area contributed by atoms with E-state index in [1.807, 2.05) is 44.2 Å². The molecule has 2 atom stereocenters. The first-order valence-electron chi connectivity index (χ1n) is 11.9. The number of nitrogens with zero attached hydrogens (tertiary/aromatic N) is 1. The molecule has 3 N–H and O–H groups in total. The molecule has 2 aliphatic heterocycles. The molecule has 3 aromatic carbocycles. The van der Waals surface area contributed by atoms with Crippen molar-refractivity contribution in [2.45, 2.75) is 39.0 Å². The van der Waals surface area contributed by atoms with E-state index >= 15 is 0 Å². The molecule has 2 bridgehead atoms. The number of pyridine rings is 1. The standard InChI is InChI=1S/C30H27N3O2/c1-17-12-27(31)33-18(2)26(17)16-32-30(34)21-9-11-23-25(15-21)29-24-14-20(8-10-22(24)28(23)35-29)13-19-6-4-3-5-7-19/h3-12,14-15,28-29H,13,16H2,1-2H3,(H2,31,33)(H,32,34). The number of ether oxygens (including phenoxy) is 1. The molecular formula is C30H27N3O2. The summed E-state index contributed by atoms with van der Waals surface area (Å²) >= 11 is 0. The molecule has 4 aromatic rings. The predicted molar refractivity (Wildman–Crippen MR) is 136 cm³/mol. The molecule has 0 radical (unpaired) electrons. The molecule has 1 amide bonds. The molecule has 2 unspecified atom stereocenters. The summed E-state index contributed by atoms with van der Waals surface area (Å²) in [4.78, 5) is 17.3. The Labute approximate surface area is 205 Å². The van der Waals surface area contributed by atoms with Gasteiger partial charge in [0.2, 0.25) is 0 Å².